The number of nitrogens with two attached hydrogens (primary N) is 1. The van der Waals surface area contributed by atoms with Gasteiger partial charge >= 0.3 is 0 Å². The van der Waals surface area contributed by atoms with E-state index in [4.69, 9.17) is 18.0 Å². The van der Waals surface area contributed by atoms with Gasteiger partial charge in [-0.3, -0.25) is 4.79 Å². The van der Waals surface area contributed by atoms with Gasteiger partial charge in [0.05, 0.1) is 10.6 Å². The number of hydrogen-bond donors (Lipinski definition) is 2. The standard InChI is InChI=1S/C12H15FN2OS/c1-12(2,11(14)17)7-15-10(16)8-5-3-4-6-9(8)13/h3-6H,7H2,1-2H3,(H2,14,17)(H,15,16). The van der Waals surface area contributed by atoms with Crippen LogP contribution < -0.4 is 11.1 Å². The molecule has 3 N–H and O–H groups in total. The maximum Gasteiger partial charge on any atom is 0.254 e. The molecule has 92 valence electrons. The summed E-state index contributed by atoms with van der Waals surface area (Å²) in [4.78, 5) is 12.0. The Morgan fingerprint density at radius 3 is 2.59 bits per heavy atom. The number of benzene rings is 1. The number of nitrogens with one attached hydrogen (secondary N) is 1. The third-order valence-electron chi connectivity index (χ3n) is 2.48. The van der Waals surface area contributed by atoms with Crippen LogP contribution in [0.3, 0.4) is 0 Å². The zero-order valence-corrected chi connectivity index (χ0v) is 10.6. The third kappa shape index (κ3) is 3.49. The molecule has 0 bridgehead atoms. The Bertz CT molecular complexity index is 446. The lowest BCUT2D eigenvalue weighted by Crippen LogP contribution is -2.41. The Morgan fingerprint density at radius 1 is 1.47 bits per heavy atom. The number of thiocarbonyl (C=S) groups is 1. The molecule has 0 heterocycles. The first kappa shape index (κ1) is 13.6. The molecule has 0 unspecified atom stereocenters. The van der Waals surface area contributed by atoms with Crippen LogP contribution in [0.15, 0.2) is 24.3 Å². The predicted molar refractivity (Wildman–Crippen MR) is 69.3 cm³/mol. The molecule has 1 aromatic carbocycles. The molecule has 17 heavy (non-hydrogen) atoms. The minimum absolute atomic E-state index is 0.0197. The summed E-state index contributed by atoms with van der Waals surface area (Å²) in [6.07, 6.45) is 0. The molecule has 5 heteroatoms. The van der Waals surface area contributed by atoms with Gasteiger partial charge in [-0.05, 0) is 12.1 Å². The van der Waals surface area contributed by atoms with Gasteiger partial charge in [0, 0.05) is 12.0 Å². The Hall–Kier alpha value is -1.49. The molecule has 0 spiro atoms. The van der Waals surface area contributed by atoms with Crippen LogP contribution in [0.5, 0.6) is 0 Å². The van der Waals surface area contributed by atoms with E-state index in [1.54, 1.807) is 6.07 Å². The van der Waals surface area contributed by atoms with Gasteiger partial charge in [-0.2, -0.15) is 0 Å². The molecular formula is C12H15FN2OS. The Morgan fingerprint density at radius 2 is 2.06 bits per heavy atom. The maximum absolute atomic E-state index is 13.3. The van der Waals surface area contributed by atoms with Crippen molar-refractivity contribution in [3.63, 3.8) is 0 Å². The molecular weight excluding hydrogens is 239 g/mol. The van der Waals surface area contributed by atoms with E-state index in [0.29, 0.717) is 4.99 Å². The first-order chi connectivity index (χ1) is 7.84. The molecule has 0 saturated heterocycles. The van der Waals surface area contributed by atoms with Crippen molar-refractivity contribution in [1.29, 1.82) is 0 Å². The summed E-state index contributed by atoms with van der Waals surface area (Å²) in [6.45, 7) is 3.91. The summed E-state index contributed by atoms with van der Waals surface area (Å²) >= 11 is 4.88. The first-order valence-electron chi connectivity index (χ1n) is 5.17. The van der Waals surface area contributed by atoms with E-state index in [9.17, 15) is 9.18 Å². The van der Waals surface area contributed by atoms with Crippen molar-refractivity contribution < 1.29 is 9.18 Å². The summed E-state index contributed by atoms with van der Waals surface area (Å²) in [5.41, 5.74) is 5.06. The fourth-order valence-electron chi connectivity index (χ4n) is 1.13. The molecule has 0 fully saturated rings. The first-order valence-corrected chi connectivity index (χ1v) is 5.58. The molecule has 0 aliphatic heterocycles. The van der Waals surface area contributed by atoms with E-state index in [0.717, 1.165) is 0 Å². The van der Waals surface area contributed by atoms with Crippen molar-refractivity contribution in [3.05, 3.63) is 35.6 Å². The number of amides is 1. The number of carbonyl (C=O) groups is 1. The molecule has 1 amide bonds. The molecule has 0 saturated carbocycles. The lowest BCUT2D eigenvalue weighted by atomic mass is 9.93. The van der Waals surface area contributed by atoms with E-state index in [2.05, 4.69) is 5.32 Å². The monoisotopic (exact) mass is 254 g/mol. The number of rotatable bonds is 4. The van der Waals surface area contributed by atoms with E-state index in [1.165, 1.54) is 18.2 Å². The molecule has 1 rings (SSSR count). The van der Waals surface area contributed by atoms with Crippen LogP contribution in [-0.4, -0.2) is 17.4 Å². The average Bonchev–Trinajstić information content (AvgIpc) is 2.26. The Kier molecular flexibility index (Phi) is 4.17. The molecule has 3 nitrogen and oxygen atoms in total. The largest absolute Gasteiger partial charge is 0.393 e. The van der Waals surface area contributed by atoms with Gasteiger partial charge in [0.1, 0.15) is 5.82 Å². The topological polar surface area (TPSA) is 55.1 Å². The van der Waals surface area contributed by atoms with Crippen LogP contribution in [0.1, 0.15) is 24.2 Å². The molecule has 0 atom stereocenters. The highest BCUT2D eigenvalue weighted by Crippen LogP contribution is 2.14. The summed E-state index contributed by atoms with van der Waals surface area (Å²) in [5, 5.41) is 2.61. The minimum Gasteiger partial charge on any atom is -0.393 e. The number of hydrogen-bond acceptors (Lipinski definition) is 2. The summed E-state index contributed by atoms with van der Waals surface area (Å²) < 4.78 is 13.3. The lowest BCUT2D eigenvalue weighted by molar-refractivity contribution is 0.0941. The molecule has 0 radical (unpaired) electrons. The molecule has 0 aliphatic rings. The van der Waals surface area contributed by atoms with Crippen molar-refractivity contribution >= 4 is 23.1 Å². The fourth-order valence-corrected chi connectivity index (χ4v) is 1.20. The van der Waals surface area contributed by atoms with Crippen molar-refractivity contribution in [2.45, 2.75) is 13.8 Å². The van der Waals surface area contributed by atoms with E-state index >= 15 is 0 Å². The smallest absolute Gasteiger partial charge is 0.254 e. The van der Waals surface area contributed by atoms with Gasteiger partial charge in [-0.15, -0.1) is 0 Å². The summed E-state index contributed by atoms with van der Waals surface area (Å²) in [7, 11) is 0. The SMILES string of the molecule is CC(C)(CNC(=O)c1ccccc1F)C(N)=S. The van der Waals surface area contributed by atoms with Crippen LogP contribution in [0.25, 0.3) is 0 Å². The second kappa shape index (κ2) is 5.23. The van der Waals surface area contributed by atoms with Gasteiger partial charge in [0.15, 0.2) is 0 Å². The van der Waals surface area contributed by atoms with Gasteiger partial charge in [0.2, 0.25) is 0 Å². The van der Waals surface area contributed by atoms with Gasteiger partial charge in [-0.25, -0.2) is 4.39 Å². The second-order valence-corrected chi connectivity index (χ2v) is 4.85. The molecule has 1 aromatic rings. The van der Waals surface area contributed by atoms with Crippen LogP contribution >= 0.6 is 12.2 Å². The average molecular weight is 254 g/mol. The minimum atomic E-state index is -0.543. The van der Waals surface area contributed by atoms with Crippen molar-refractivity contribution in [2.24, 2.45) is 11.1 Å². The zero-order chi connectivity index (χ0) is 13.1. The Labute approximate surface area is 105 Å². The van der Waals surface area contributed by atoms with E-state index < -0.39 is 17.1 Å². The van der Waals surface area contributed by atoms with Crippen LogP contribution in [-0.2, 0) is 0 Å². The number of carbonyl (C=O) groups excluding carboxylic acids is 1. The fraction of sp³-hybridized carbons (Fsp3) is 0.333. The maximum atomic E-state index is 13.3. The summed E-state index contributed by atoms with van der Waals surface area (Å²) in [6, 6.07) is 5.81. The van der Waals surface area contributed by atoms with E-state index in [1.807, 2.05) is 13.8 Å². The molecule has 0 aromatic heterocycles. The van der Waals surface area contributed by atoms with Crippen LogP contribution in [0.2, 0.25) is 0 Å². The van der Waals surface area contributed by atoms with Gasteiger partial charge < -0.3 is 11.1 Å². The number of halogens is 1. The highest BCUT2D eigenvalue weighted by Gasteiger charge is 2.22. The van der Waals surface area contributed by atoms with Crippen LogP contribution in [0.4, 0.5) is 4.39 Å². The van der Waals surface area contributed by atoms with Crippen molar-refractivity contribution in [1.82, 2.24) is 5.32 Å². The predicted octanol–water partition coefficient (Wildman–Crippen LogP) is 1.87. The van der Waals surface area contributed by atoms with Gasteiger partial charge in [0.25, 0.3) is 5.91 Å². The quantitative estimate of drug-likeness (QED) is 0.806. The van der Waals surface area contributed by atoms with Crippen LogP contribution in [0, 0.1) is 11.2 Å². The summed E-state index contributed by atoms with van der Waals surface area (Å²) in [5.74, 6) is -1.01. The van der Waals surface area contributed by atoms with Crippen molar-refractivity contribution in [2.75, 3.05) is 6.54 Å². The van der Waals surface area contributed by atoms with Gasteiger partial charge in [-0.1, -0.05) is 38.2 Å². The normalized spacial score (nSPS) is 11.0. The Balaban J connectivity index is 2.69. The second-order valence-electron chi connectivity index (χ2n) is 4.41. The van der Waals surface area contributed by atoms with E-state index in [-0.39, 0.29) is 12.1 Å². The third-order valence-corrected chi connectivity index (χ3v) is 3.03. The van der Waals surface area contributed by atoms with Crippen molar-refractivity contribution in [3.8, 4) is 0 Å². The lowest BCUT2D eigenvalue weighted by Gasteiger charge is -2.23. The zero-order valence-electron chi connectivity index (χ0n) is 9.79. The molecule has 0 aliphatic carbocycles. The highest BCUT2D eigenvalue weighted by molar-refractivity contribution is 7.80. The highest BCUT2D eigenvalue weighted by atomic mass is 32.1.